The third kappa shape index (κ3) is 4.22. The zero-order valence-corrected chi connectivity index (χ0v) is 13.2. The largest absolute Gasteiger partial charge is 0.478 e. The van der Waals surface area contributed by atoms with E-state index in [1.165, 1.54) is 6.08 Å². The molecule has 0 bridgehead atoms. The lowest BCUT2D eigenvalue weighted by atomic mass is 10.1. The summed E-state index contributed by atoms with van der Waals surface area (Å²) < 4.78 is 0. The van der Waals surface area contributed by atoms with E-state index in [1.807, 2.05) is 12.1 Å². The highest BCUT2D eigenvalue weighted by Crippen LogP contribution is 2.32. The van der Waals surface area contributed by atoms with Gasteiger partial charge in [-0.15, -0.1) is 0 Å². The van der Waals surface area contributed by atoms with Crippen LogP contribution in [0, 0.1) is 0 Å². The van der Waals surface area contributed by atoms with Gasteiger partial charge in [0.1, 0.15) is 0 Å². The molecule has 0 saturated carbocycles. The third-order valence-corrected chi connectivity index (χ3v) is 3.90. The van der Waals surface area contributed by atoms with Gasteiger partial charge in [0.2, 0.25) is 0 Å². The van der Waals surface area contributed by atoms with E-state index in [-0.39, 0.29) is 0 Å². The number of benzene rings is 1. The Balaban J connectivity index is 2.32. The Labute approximate surface area is 130 Å². The SMILES string of the molecule is CN(C)CC1CCCN1c1cc(Cl)ccc1/C=C/C(=O)O. The van der Waals surface area contributed by atoms with Gasteiger partial charge in [0, 0.05) is 35.9 Å². The molecule has 1 fully saturated rings. The molecule has 1 aromatic rings. The summed E-state index contributed by atoms with van der Waals surface area (Å²) in [4.78, 5) is 15.3. The molecule has 1 atom stereocenters. The Bertz CT molecular complexity index is 543. The summed E-state index contributed by atoms with van der Waals surface area (Å²) in [7, 11) is 4.14. The Kier molecular flexibility index (Phi) is 5.26. The van der Waals surface area contributed by atoms with Crippen molar-refractivity contribution in [1.29, 1.82) is 0 Å². The molecule has 4 nitrogen and oxygen atoms in total. The van der Waals surface area contributed by atoms with Crippen LogP contribution in [0.4, 0.5) is 5.69 Å². The van der Waals surface area contributed by atoms with Crippen LogP contribution >= 0.6 is 11.6 Å². The number of nitrogens with zero attached hydrogens (tertiary/aromatic N) is 2. The number of carboxylic acid groups (broad SMARTS) is 1. The van der Waals surface area contributed by atoms with Gasteiger partial charge in [0.15, 0.2) is 0 Å². The Morgan fingerprint density at radius 3 is 2.95 bits per heavy atom. The number of likely N-dealkylation sites (N-methyl/N-ethyl adjacent to an activating group) is 1. The molecule has 0 aromatic heterocycles. The molecule has 5 heteroatoms. The van der Waals surface area contributed by atoms with Crippen molar-refractivity contribution in [3.8, 4) is 0 Å². The van der Waals surface area contributed by atoms with E-state index in [2.05, 4.69) is 23.9 Å². The molecule has 0 aliphatic carbocycles. The predicted octanol–water partition coefficient (Wildman–Crippen LogP) is 2.97. The maximum Gasteiger partial charge on any atom is 0.328 e. The van der Waals surface area contributed by atoms with E-state index in [0.717, 1.165) is 37.2 Å². The lowest BCUT2D eigenvalue weighted by molar-refractivity contribution is -0.131. The normalized spacial score (nSPS) is 18.9. The quantitative estimate of drug-likeness (QED) is 0.849. The summed E-state index contributed by atoms with van der Waals surface area (Å²) in [6.45, 7) is 1.96. The molecular formula is C16H21ClN2O2. The van der Waals surface area contributed by atoms with Crippen molar-refractivity contribution in [2.24, 2.45) is 0 Å². The van der Waals surface area contributed by atoms with Crippen LogP contribution in [0.2, 0.25) is 5.02 Å². The minimum absolute atomic E-state index is 0.440. The molecule has 2 rings (SSSR count). The minimum atomic E-state index is -0.942. The molecule has 1 aliphatic rings. The summed E-state index contributed by atoms with van der Waals surface area (Å²) in [5, 5.41) is 9.50. The van der Waals surface area contributed by atoms with Crippen molar-refractivity contribution >= 4 is 29.3 Å². The fourth-order valence-electron chi connectivity index (χ4n) is 2.83. The van der Waals surface area contributed by atoms with Crippen LogP contribution in [0.25, 0.3) is 6.08 Å². The second-order valence-electron chi connectivity index (χ2n) is 5.63. The van der Waals surface area contributed by atoms with E-state index in [1.54, 1.807) is 12.1 Å². The Morgan fingerprint density at radius 2 is 2.29 bits per heavy atom. The molecule has 1 N–H and O–H groups in total. The average Bonchev–Trinajstić information content (AvgIpc) is 2.84. The van der Waals surface area contributed by atoms with Crippen LogP contribution in [0.3, 0.4) is 0 Å². The van der Waals surface area contributed by atoms with Gasteiger partial charge < -0.3 is 14.9 Å². The molecule has 0 spiro atoms. The van der Waals surface area contributed by atoms with Gasteiger partial charge >= 0.3 is 5.97 Å². The standard InChI is InChI=1S/C16H21ClN2O2/c1-18(2)11-14-4-3-9-19(14)15-10-13(17)7-5-12(15)6-8-16(20)21/h5-8,10,14H,3-4,9,11H2,1-2H3,(H,20,21)/b8-6+. The van der Waals surface area contributed by atoms with E-state index in [9.17, 15) is 4.79 Å². The van der Waals surface area contributed by atoms with Gasteiger partial charge in [-0.25, -0.2) is 4.79 Å². The smallest absolute Gasteiger partial charge is 0.328 e. The van der Waals surface area contributed by atoms with Gasteiger partial charge in [-0.05, 0) is 50.7 Å². The number of carbonyl (C=O) groups is 1. The minimum Gasteiger partial charge on any atom is -0.478 e. The first-order chi connectivity index (χ1) is 9.97. The third-order valence-electron chi connectivity index (χ3n) is 3.66. The summed E-state index contributed by atoms with van der Waals surface area (Å²) in [6, 6.07) is 6.04. The molecular weight excluding hydrogens is 288 g/mol. The van der Waals surface area contributed by atoms with Crippen LogP contribution in [0.5, 0.6) is 0 Å². The molecule has 1 heterocycles. The van der Waals surface area contributed by atoms with E-state index < -0.39 is 5.97 Å². The fraction of sp³-hybridized carbons (Fsp3) is 0.438. The molecule has 1 aromatic carbocycles. The van der Waals surface area contributed by atoms with Crippen LogP contribution in [-0.2, 0) is 4.79 Å². The zero-order valence-electron chi connectivity index (χ0n) is 12.4. The Hall–Kier alpha value is -1.52. The molecule has 0 radical (unpaired) electrons. The van der Waals surface area contributed by atoms with E-state index >= 15 is 0 Å². The highest BCUT2D eigenvalue weighted by Gasteiger charge is 2.26. The van der Waals surface area contributed by atoms with Gasteiger partial charge in [0.25, 0.3) is 0 Å². The fourth-order valence-corrected chi connectivity index (χ4v) is 3.00. The lowest BCUT2D eigenvalue weighted by Crippen LogP contribution is -2.37. The molecule has 114 valence electrons. The van der Waals surface area contributed by atoms with E-state index in [4.69, 9.17) is 16.7 Å². The number of anilines is 1. The second kappa shape index (κ2) is 6.96. The van der Waals surface area contributed by atoms with Gasteiger partial charge in [-0.1, -0.05) is 17.7 Å². The van der Waals surface area contributed by atoms with Crippen molar-refractivity contribution in [2.45, 2.75) is 18.9 Å². The number of halogens is 1. The van der Waals surface area contributed by atoms with Crippen molar-refractivity contribution in [3.05, 3.63) is 34.9 Å². The monoisotopic (exact) mass is 308 g/mol. The number of hydrogen-bond donors (Lipinski definition) is 1. The van der Waals surface area contributed by atoms with Gasteiger partial charge in [-0.2, -0.15) is 0 Å². The maximum absolute atomic E-state index is 10.7. The van der Waals surface area contributed by atoms with Crippen molar-refractivity contribution in [2.75, 3.05) is 32.1 Å². The first-order valence-electron chi connectivity index (χ1n) is 7.09. The van der Waals surface area contributed by atoms with Crippen LogP contribution in [-0.4, -0.2) is 49.2 Å². The molecule has 1 unspecified atom stereocenters. The number of carboxylic acids is 1. The maximum atomic E-state index is 10.7. The highest BCUT2D eigenvalue weighted by molar-refractivity contribution is 6.31. The second-order valence-corrected chi connectivity index (χ2v) is 6.06. The highest BCUT2D eigenvalue weighted by atomic mass is 35.5. The number of hydrogen-bond acceptors (Lipinski definition) is 3. The Morgan fingerprint density at radius 1 is 1.52 bits per heavy atom. The molecule has 1 aliphatic heterocycles. The molecule has 1 saturated heterocycles. The predicted molar refractivity (Wildman–Crippen MR) is 87.0 cm³/mol. The summed E-state index contributed by atoms with van der Waals surface area (Å²) in [5.74, 6) is -0.942. The summed E-state index contributed by atoms with van der Waals surface area (Å²) >= 11 is 6.13. The van der Waals surface area contributed by atoms with Gasteiger partial charge in [0.05, 0.1) is 0 Å². The van der Waals surface area contributed by atoms with Gasteiger partial charge in [-0.3, -0.25) is 0 Å². The molecule has 0 amide bonds. The van der Waals surface area contributed by atoms with Crippen LogP contribution < -0.4 is 4.90 Å². The zero-order chi connectivity index (χ0) is 15.4. The van der Waals surface area contributed by atoms with E-state index in [0.29, 0.717) is 11.1 Å². The summed E-state index contributed by atoms with van der Waals surface area (Å²) in [5.41, 5.74) is 1.91. The van der Waals surface area contributed by atoms with Crippen molar-refractivity contribution < 1.29 is 9.90 Å². The first-order valence-corrected chi connectivity index (χ1v) is 7.47. The van der Waals surface area contributed by atoms with Crippen LogP contribution in [0.1, 0.15) is 18.4 Å². The number of rotatable bonds is 5. The average molecular weight is 309 g/mol. The van der Waals surface area contributed by atoms with Crippen molar-refractivity contribution in [3.63, 3.8) is 0 Å². The lowest BCUT2D eigenvalue weighted by Gasteiger charge is -2.30. The topological polar surface area (TPSA) is 43.8 Å². The molecule has 21 heavy (non-hydrogen) atoms. The summed E-state index contributed by atoms with van der Waals surface area (Å²) in [6.07, 6.45) is 5.10. The first kappa shape index (κ1) is 15.9. The van der Waals surface area contributed by atoms with Crippen molar-refractivity contribution in [1.82, 2.24) is 4.90 Å². The van der Waals surface area contributed by atoms with Crippen LogP contribution in [0.15, 0.2) is 24.3 Å². The number of aliphatic carboxylic acids is 1.